The molecule has 0 bridgehead atoms. The van der Waals surface area contributed by atoms with E-state index in [9.17, 15) is 30.6 Å². The van der Waals surface area contributed by atoms with Gasteiger partial charge in [-0.2, -0.15) is 5.26 Å². The van der Waals surface area contributed by atoms with Crippen LogP contribution in [-0.4, -0.2) is 99.2 Å². The van der Waals surface area contributed by atoms with Gasteiger partial charge in [0.15, 0.2) is 12.0 Å². The highest BCUT2D eigenvalue weighted by atomic mass is 16.7. The Labute approximate surface area is 155 Å². The molecule has 2 aliphatic rings. The second-order valence-corrected chi connectivity index (χ2v) is 6.66. The largest absolute Gasteiger partial charge is 0.452 e. The van der Waals surface area contributed by atoms with Gasteiger partial charge in [0.2, 0.25) is 6.29 Å². The fourth-order valence-electron chi connectivity index (χ4n) is 2.64. The van der Waals surface area contributed by atoms with Crippen LogP contribution >= 0.6 is 0 Å². The Balaban J connectivity index is 2.01. The molecule has 0 aromatic heterocycles. The predicted octanol–water partition coefficient (Wildman–Crippen LogP) is -2.92. The first-order valence-electron chi connectivity index (χ1n) is 8.38. The number of aliphatic hydroxyl groups is 6. The van der Waals surface area contributed by atoms with E-state index in [0.717, 1.165) is 0 Å². The van der Waals surface area contributed by atoms with E-state index in [2.05, 4.69) is 0 Å². The van der Waals surface area contributed by atoms with Crippen LogP contribution in [0.2, 0.25) is 0 Å². The minimum Gasteiger partial charge on any atom is -0.452 e. The summed E-state index contributed by atoms with van der Waals surface area (Å²) in [6.45, 7) is 2.56. The number of rotatable bonds is 5. The first kappa shape index (κ1) is 22.0. The zero-order valence-electron chi connectivity index (χ0n) is 14.9. The van der Waals surface area contributed by atoms with E-state index < -0.39 is 61.9 Å². The van der Waals surface area contributed by atoms with Crippen LogP contribution in [0.5, 0.6) is 0 Å². The molecule has 0 spiro atoms. The summed E-state index contributed by atoms with van der Waals surface area (Å²) >= 11 is 0. The third-order valence-electron chi connectivity index (χ3n) is 4.34. The highest BCUT2D eigenvalue weighted by Crippen LogP contribution is 2.26. The summed E-state index contributed by atoms with van der Waals surface area (Å²) in [5.74, 6) is -0.106. The van der Waals surface area contributed by atoms with Gasteiger partial charge in [-0.25, -0.2) is 0 Å². The van der Waals surface area contributed by atoms with Gasteiger partial charge in [0, 0.05) is 0 Å². The molecular weight excluding hydrogens is 366 g/mol. The Morgan fingerprint density at radius 3 is 2.19 bits per heavy atom. The van der Waals surface area contributed by atoms with Crippen LogP contribution in [0.15, 0.2) is 11.3 Å². The van der Waals surface area contributed by atoms with Gasteiger partial charge >= 0.3 is 0 Å². The molecule has 2 rings (SSSR count). The molecule has 0 aromatic carbocycles. The fourth-order valence-corrected chi connectivity index (χ4v) is 2.64. The predicted molar refractivity (Wildman–Crippen MR) is 85.5 cm³/mol. The number of nitrogens with zero attached hydrogens (tertiary/aromatic N) is 1. The summed E-state index contributed by atoms with van der Waals surface area (Å²) in [5, 5.41) is 68.0. The van der Waals surface area contributed by atoms with Crippen molar-refractivity contribution < 1.29 is 49.6 Å². The number of allylic oxidation sites excluding steroid dienone is 2. The first-order valence-corrected chi connectivity index (χ1v) is 8.38. The van der Waals surface area contributed by atoms with E-state index in [1.807, 2.05) is 0 Å². The average Bonchev–Trinajstić information content (AvgIpc) is 2.64. The number of hydrogen-bond donors (Lipinski definition) is 6. The summed E-state index contributed by atoms with van der Waals surface area (Å²) < 4.78 is 21.0. The van der Waals surface area contributed by atoms with Gasteiger partial charge in [0.25, 0.3) is 0 Å². The second kappa shape index (κ2) is 9.24. The molecule has 9 atom stereocenters. The lowest BCUT2D eigenvalue weighted by Crippen LogP contribution is -2.60. The molecule has 2 aliphatic heterocycles. The van der Waals surface area contributed by atoms with Crippen LogP contribution in [0, 0.1) is 11.3 Å². The van der Waals surface area contributed by atoms with E-state index >= 15 is 0 Å². The second-order valence-electron chi connectivity index (χ2n) is 6.66. The molecular formula is C16H25NO10. The Kier molecular flexibility index (Phi) is 7.52. The van der Waals surface area contributed by atoms with Crippen molar-refractivity contribution in [2.45, 2.75) is 69.2 Å². The topological polar surface area (TPSA) is 182 Å². The van der Waals surface area contributed by atoms with Crippen LogP contribution in [-0.2, 0) is 18.9 Å². The highest BCUT2D eigenvalue weighted by Gasteiger charge is 2.46. The molecule has 0 radical (unpaired) electrons. The number of nitriles is 1. The van der Waals surface area contributed by atoms with E-state index in [0.29, 0.717) is 5.57 Å². The van der Waals surface area contributed by atoms with E-state index in [4.69, 9.17) is 24.2 Å². The van der Waals surface area contributed by atoms with Crippen LogP contribution < -0.4 is 0 Å². The van der Waals surface area contributed by atoms with Gasteiger partial charge in [-0.05, 0) is 19.4 Å². The minimum absolute atomic E-state index is 0.106. The summed E-state index contributed by atoms with van der Waals surface area (Å²) in [6, 6.07) is 1.80. The van der Waals surface area contributed by atoms with E-state index in [1.54, 1.807) is 19.9 Å². The van der Waals surface area contributed by atoms with E-state index in [-0.39, 0.29) is 12.4 Å². The molecule has 0 saturated carbocycles. The van der Waals surface area contributed by atoms with Gasteiger partial charge in [0.05, 0.1) is 13.2 Å². The van der Waals surface area contributed by atoms with Crippen molar-refractivity contribution in [2.75, 3.05) is 13.2 Å². The standard InChI is InChI=1S/C16H25NO10/c1-6(2)8(3-17)26-16-14(23)12(21)11(20)9(27-16)5-25-15-13(22)10(19)7(18)4-24-15/h7,9-16,18-23H,4-5H2,1-2H3/t7-,9+,10-,11+,12-,13+,14+,15-,16-/m0/s1. The summed E-state index contributed by atoms with van der Waals surface area (Å²) in [6.07, 6.45) is -13.0. The van der Waals surface area contributed by atoms with Crippen molar-refractivity contribution in [3.05, 3.63) is 11.3 Å². The SMILES string of the molecule is CC(C)=C(C#N)O[C@H]1O[C@H](CO[C@@H]2OC[C@H](O)[C@H](O)[C@H]2O)[C@@H](O)[C@H](O)[C@H]1O. The molecule has 154 valence electrons. The van der Waals surface area contributed by atoms with Crippen LogP contribution in [0.25, 0.3) is 0 Å². The molecule has 2 fully saturated rings. The van der Waals surface area contributed by atoms with Crippen LogP contribution in [0.1, 0.15) is 13.8 Å². The molecule has 2 heterocycles. The maximum absolute atomic E-state index is 10.1. The van der Waals surface area contributed by atoms with Crippen molar-refractivity contribution >= 4 is 0 Å². The van der Waals surface area contributed by atoms with Crippen LogP contribution in [0.3, 0.4) is 0 Å². The molecule has 6 N–H and O–H groups in total. The third kappa shape index (κ3) is 4.94. The van der Waals surface area contributed by atoms with Gasteiger partial charge in [-0.15, -0.1) is 0 Å². The summed E-state index contributed by atoms with van der Waals surface area (Å²) in [7, 11) is 0. The van der Waals surface area contributed by atoms with Crippen molar-refractivity contribution in [1.82, 2.24) is 0 Å². The van der Waals surface area contributed by atoms with Gasteiger partial charge in [-0.3, -0.25) is 0 Å². The maximum Gasteiger partial charge on any atom is 0.230 e. The van der Waals surface area contributed by atoms with Crippen LogP contribution in [0.4, 0.5) is 0 Å². The van der Waals surface area contributed by atoms with Crippen molar-refractivity contribution in [2.24, 2.45) is 0 Å². The monoisotopic (exact) mass is 391 g/mol. The zero-order chi connectivity index (χ0) is 20.3. The van der Waals surface area contributed by atoms with Gasteiger partial charge < -0.3 is 49.6 Å². The van der Waals surface area contributed by atoms with Crippen molar-refractivity contribution in [3.8, 4) is 6.07 Å². The first-order chi connectivity index (χ1) is 12.7. The fraction of sp³-hybridized carbons (Fsp3) is 0.812. The summed E-state index contributed by atoms with van der Waals surface area (Å²) in [4.78, 5) is 0. The van der Waals surface area contributed by atoms with Gasteiger partial charge in [-0.1, -0.05) is 0 Å². The quantitative estimate of drug-likeness (QED) is 0.209. The average molecular weight is 391 g/mol. The third-order valence-corrected chi connectivity index (χ3v) is 4.34. The number of hydrogen-bond acceptors (Lipinski definition) is 11. The molecule has 0 unspecified atom stereocenters. The van der Waals surface area contributed by atoms with Crippen molar-refractivity contribution in [3.63, 3.8) is 0 Å². The molecule has 2 saturated heterocycles. The van der Waals surface area contributed by atoms with E-state index in [1.165, 1.54) is 0 Å². The Morgan fingerprint density at radius 2 is 1.59 bits per heavy atom. The molecule has 11 nitrogen and oxygen atoms in total. The normalized spacial score (nSPS) is 42.3. The number of ether oxygens (including phenoxy) is 4. The van der Waals surface area contributed by atoms with Gasteiger partial charge in [0.1, 0.15) is 48.8 Å². The zero-order valence-corrected chi connectivity index (χ0v) is 14.9. The lowest BCUT2D eigenvalue weighted by Gasteiger charge is -2.41. The minimum atomic E-state index is -1.64. The lowest BCUT2D eigenvalue weighted by molar-refractivity contribution is -0.314. The highest BCUT2D eigenvalue weighted by molar-refractivity contribution is 5.19. The Hall–Kier alpha value is -1.33. The molecule has 11 heteroatoms. The lowest BCUT2D eigenvalue weighted by atomic mass is 9.99. The number of aliphatic hydroxyl groups excluding tert-OH is 6. The molecule has 0 amide bonds. The molecule has 0 aliphatic carbocycles. The molecule has 0 aromatic rings. The maximum atomic E-state index is 10.1. The Bertz CT molecular complexity index is 574. The molecule has 27 heavy (non-hydrogen) atoms. The van der Waals surface area contributed by atoms with Crippen molar-refractivity contribution in [1.29, 1.82) is 5.26 Å². The summed E-state index contributed by atoms with van der Waals surface area (Å²) in [5.41, 5.74) is 0.521. The smallest absolute Gasteiger partial charge is 0.230 e. The Morgan fingerprint density at radius 1 is 0.963 bits per heavy atom.